The predicted octanol–water partition coefficient (Wildman–Crippen LogP) is 3.81. The van der Waals surface area contributed by atoms with Gasteiger partial charge in [0, 0.05) is 56.6 Å². The SMILES string of the molecule is CCc1ccc2c(c1)CCN(C1CCN(C(=O)Cn3cc(-c4cccc(F)c4Cl)c(=O)n(C(C)CNC(C)=O)c3=O)CC1)C(=O)N2. The van der Waals surface area contributed by atoms with Crippen LogP contribution in [0.2, 0.25) is 5.02 Å². The molecule has 2 N–H and O–H groups in total. The molecule has 1 unspecified atom stereocenters. The Kier molecular flexibility index (Phi) is 9.95. The minimum absolute atomic E-state index is 0.0127. The van der Waals surface area contributed by atoms with Gasteiger partial charge in [0.1, 0.15) is 12.4 Å². The van der Waals surface area contributed by atoms with Gasteiger partial charge in [0.25, 0.3) is 5.56 Å². The number of rotatable bonds is 8. The topological polar surface area (TPSA) is 126 Å². The highest BCUT2D eigenvalue weighted by atomic mass is 35.5. The van der Waals surface area contributed by atoms with Crippen molar-refractivity contribution in [2.75, 3.05) is 31.5 Å². The Morgan fingerprint density at radius 3 is 2.52 bits per heavy atom. The number of urea groups is 1. The molecule has 5 rings (SSSR count). The van der Waals surface area contributed by atoms with Crippen LogP contribution in [0.1, 0.15) is 50.8 Å². The van der Waals surface area contributed by atoms with E-state index in [1.807, 2.05) is 17.0 Å². The molecule has 0 spiro atoms. The minimum Gasteiger partial charge on any atom is -0.354 e. The molecule has 1 saturated heterocycles. The van der Waals surface area contributed by atoms with Crippen molar-refractivity contribution in [1.29, 1.82) is 0 Å². The predicted molar refractivity (Wildman–Crippen MR) is 174 cm³/mol. The number of halogens is 2. The number of carbonyl (C=O) groups is 3. The minimum atomic E-state index is -0.771. The number of hydrogen-bond donors (Lipinski definition) is 2. The molecule has 4 amide bonds. The van der Waals surface area contributed by atoms with Crippen LogP contribution in [0.25, 0.3) is 11.1 Å². The third kappa shape index (κ3) is 6.86. The Labute approximate surface area is 270 Å². The van der Waals surface area contributed by atoms with Gasteiger partial charge >= 0.3 is 11.7 Å². The van der Waals surface area contributed by atoms with Crippen molar-refractivity contribution in [2.24, 2.45) is 0 Å². The van der Waals surface area contributed by atoms with Gasteiger partial charge in [-0.15, -0.1) is 0 Å². The van der Waals surface area contributed by atoms with Gasteiger partial charge < -0.3 is 20.4 Å². The number of hydrogen-bond acceptors (Lipinski definition) is 5. The Hall–Kier alpha value is -4.45. The first kappa shape index (κ1) is 32.9. The highest BCUT2D eigenvalue weighted by Crippen LogP contribution is 2.28. The van der Waals surface area contributed by atoms with Crippen LogP contribution in [0.3, 0.4) is 0 Å². The van der Waals surface area contributed by atoms with E-state index in [4.69, 9.17) is 11.6 Å². The second-order valence-electron chi connectivity index (χ2n) is 11.8. The molecule has 0 bridgehead atoms. The molecule has 46 heavy (non-hydrogen) atoms. The van der Waals surface area contributed by atoms with Crippen molar-refractivity contribution in [2.45, 2.75) is 65.1 Å². The van der Waals surface area contributed by atoms with E-state index in [0.717, 1.165) is 39.3 Å². The summed E-state index contributed by atoms with van der Waals surface area (Å²) in [5.41, 5.74) is 1.73. The molecule has 1 atom stereocenters. The molecular formula is C33H38ClFN6O5. The van der Waals surface area contributed by atoms with Gasteiger partial charge in [-0.2, -0.15) is 0 Å². The normalized spacial score (nSPS) is 16.0. The van der Waals surface area contributed by atoms with Crippen molar-refractivity contribution >= 4 is 35.1 Å². The second-order valence-corrected chi connectivity index (χ2v) is 12.2. The van der Waals surface area contributed by atoms with Gasteiger partial charge in [0.15, 0.2) is 0 Å². The molecule has 2 aromatic carbocycles. The van der Waals surface area contributed by atoms with Gasteiger partial charge in [-0.3, -0.25) is 23.5 Å². The molecular weight excluding hydrogens is 615 g/mol. The van der Waals surface area contributed by atoms with Gasteiger partial charge in [0.05, 0.1) is 16.6 Å². The molecule has 11 nitrogen and oxygen atoms in total. The largest absolute Gasteiger partial charge is 0.354 e. The summed E-state index contributed by atoms with van der Waals surface area (Å²) in [4.78, 5) is 68.8. The third-order valence-corrected chi connectivity index (χ3v) is 9.16. The standard InChI is InChI=1S/C33H38ClFN6O5/c1-4-22-8-9-28-23(16-22)10-15-40(32(45)37-28)24-11-13-38(14-12-24)29(43)19-39-18-26(25-6-5-7-27(35)30(25)34)31(44)41(33(39)46)20(2)17-36-21(3)42/h5-9,16,18,20,24H,4,10-15,17,19H2,1-3H3,(H,36,42)(H,37,45). The first-order chi connectivity index (χ1) is 22.0. The summed E-state index contributed by atoms with van der Waals surface area (Å²) in [5.74, 6) is -1.41. The van der Waals surface area contributed by atoms with Gasteiger partial charge in [-0.1, -0.05) is 42.8 Å². The monoisotopic (exact) mass is 652 g/mol. The van der Waals surface area contributed by atoms with Gasteiger partial charge in [0.2, 0.25) is 11.8 Å². The number of anilines is 1. The summed E-state index contributed by atoms with van der Waals surface area (Å²) in [6.45, 7) is 5.97. The first-order valence-corrected chi connectivity index (χ1v) is 15.9. The van der Waals surface area contributed by atoms with Crippen LogP contribution in [0.5, 0.6) is 0 Å². The maximum absolute atomic E-state index is 14.4. The third-order valence-electron chi connectivity index (χ3n) is 8.78. The molecule has 1 fully saturated rings. The lowest BCUT2D eigenvalue weighted by atomic mass is 10.0. The second kappa shape index (κ2) is 13.9. The fourth-order valence-corrected chi connectivity index (χ4v) is 6.38. The lowest BCUT2D eigenvalue weighted by Gasteiger charge is -2.38. The lowest BCUT2D eigenvalue weighted by molar-refractivity contribution is -0.133. The summed E-state index contributed by atoms with van der Waals surface area (Å²) >= 11 is 6.22. The smallest absolute Gasteiger partial charge is 0.331 e. The molecule has 0 aliphatic carbocycles. The van der Waals surface area contributed by atoms with E-state index in [9.17, 15) is 28.4 Å². The quantitative estimate of drug-likeness (QED) is 0.383. The summed E-state index contributed by atoms with van der Waals surface area (Å²) in [5, 5.41) is 5.35. The van der Waals surface area contributed by atoms with E-state index in [0.29, 0.717) is 32.5 Å². The summed E-state index contributed by atoms with van der Waals surface area (Å²) in [6.07, 6.45) is 4.03. The number of aryl methyl sites for hydroxylation is 1. The van der Waals surface area contributed by atoms with Crippen molar-refractivity contribution in [3.05, 3.63) is 85.4 Å². The number of nitrogens with zero attached hydrogens (tertiary/aromatic N) is 4. The van der Waals surface area contributed by atoms with Crippen molar-refractivity contribution in [3.8, 4) is 11.1 Å². The average Bonchev–Trinajstić information content (AvgIpc) is 3.20. The molecule has 0 saturated carbocycles. The number of fused-ring (bicyclic) bond motifs is 1. The molecule has 3 aromatic rings. The molecule has 2 aliphatic heterocycles. The molecule has 2 aliphatic rings. The number of carbonyl (C=O) groups excluding carboxylic acids is 3. The highest BCUT2D eigenvalue weighted by molar-refractivity contribution is 6.33. The van der Waals surface area contributed by atoms with Crippen molar-refractivity contribution in [1.82, 2.24) is 24.3 Å². The maximum Gasteiger partial charge on any atom is 0.331 e. The Balaban J connectivity index is 1.33. The molecule has 0 radical (unpaired) electrons. The first-order valence-electron chi connectivity index (χ1n) is 15.5. The van der Waals surface area contributed by atoms with E-state index in [1.54, 1.807) is 11.8 Å². The van der Waals surface area contributed by atoms with E-state index in [2.05, 4.69) is 23.6 Å². The molecule has 1 aromatic heterocycles. The van der Waals surface area contributed by atoms with Crippen molar-refractivity contribution < 1.29 is 18.8 Å². The molecule has 3 heterocycles. The van der Waals surface area contributed by atoms with E-state index in [1.165, 1.54) is 30.8 Å². The summed E-state index contributed by atoms with van der Waals surface area (Å²) < 4.78 is 16.4. The van der Waals surface area contributed by atoms with E-state index in [-0.39, 0.29) is 53.1 Å². The van der Waals surface area contributed by atoms with Crippen LogP contribution in [-0.4, -0.2) is 69.0 Å². The fourth-order valence-electron chi connectivity index (χ4n) is 6.15. The Morgan fingerprint density at radius 2 is 1.83 bits per heavy atom. The zero-order valence-corrected chi connectivity index (χ0v) is 26.9. The Bertz CT molecular complexity index is 1780. The average molecular weight is 653 g/mol. The van der Waals surface area contributed by atoms with Gasteiger partial charge in [-0.25, -0.2) is 14.0 Å². The molecule has 244 valence electrons. The fraction of sp³-hybridized carbons (Fsp3) is 0.424. The maximum atomic E-state index is 14.4. The van der Waals surface area contributed by atoms with Crippen LogP contribution >= 0.6 is 11.6 Å². The zero-order chi connectivity index (χ0) is 33.1. The van der Waals surface area contributed by atoms with E-state index < -0.39 is 23.1 Å². The van der Waals surface area contributed by atoms with Crippen LogP contribution in [-0.2, 0) is 29.0 Å². The zero-order valence-electron chi connectivity index (χ0n) is 26.1. The number of benzene rings is 2. The lowest BCUT2D eigenvalue weighted by Crippen LogP contribution is -2.51. The van der Waals surface area contributed by atoms with E-state index >= 15 is 0 Å². The van der Waals surface area contributed by atoms with Gasteiger partial charge in [-0.05, 0) is 55.9 Å². The number of nitrogens with one attached hydrogen (secondary N) is 2. The Morgan fingerprint density at radius 1 is 1.09 bits per heavy atom. The number of piperidine rings is 1. The summed E-state index contributed by atoms with van der Waals surface area (Å²) in [7, 11) is 0. The van der Waals surface area contributed by atoms with Crippen LogP contribution in [0.4, 0.5) is 14.9 Å². The van der Waals surface area contributed by atoms with Crippen LogP contribution in [0.15, 0.2) is 52.2 Å². The number of likely N-dealkylation sites (tertiary alicyclic amines) is 1. The number of amides is 4. The highest BCUT2D eigenvalue weighted by Gasteiger charge is 2.32. The summed E-state index contributed by atoms with van der Waals surface area (Å²) in [6, 6.07) is 9.16. The van der Waals surface area contributed by atoms with Crippen LogP contribution in [0, 0.1) is 5.82 Å². The van der Waals surface area contributed by atoms with Crippen molar-refractivity contribution in [3.63, 3.8) is 0 Å². The number of aromatic nitrogens is 2. The molecule has 13 heteroatoms. The van der Waals surface area contributed by atoms with Crippen LogP contribution < -0.4 is 21.9 Å².